The molecular formula is C4H4N3. The molecule has 0 aromatic carbocycles. The van der Waals surface area contributed by atoms with Gasteiger partial charge >= 0.3 is 0 Å². The maximum atomic E-state index is 3.49. The quantitative estimate of drug-likeness (QED) is 0.453. The summed E-state index contributed by atoms with van der Waals surface area (Å²) in [6.45, 7) is 1.86. The van der Waals surface area contributed by atoms with Crippen LogP contribution in [0.2, 0.25) is 0 Å². The van der Waals surface area contributed by atoms with Gasteiger partial charge in [-0.3, -0.25) is 0 Å². The summed E-state index contributed by atoms with van der Waals surface area (Å²) in [6.07, 6.45) is 4.21. The van der Waals surface area contributed by atoms with E-state index < -0.39 is 0 Å². The normalized spacial score (nSPS) is 8.71. The van der Waals surface area contributed by atoms with Crippen LogP contribution in [0.3, 0.4) is 0 Å². The average Bonchev–Trinajstić information content (AvgIpc) is 1.69. The molecule has 1 aromatic heterocycles. The van der Waals surface area contributed by atoms with Gasteiger partial charge in [-0.15, -0.1) is 10.2 Å². The highest BCUT2D eigenvalue weighted by atomic mass is 15.3. The van der Waals surface area contributed by atoms with E-state index in [0.29, 0.717) is 0 Å². The molecule has 35 valence electrons. The van der Waals surface area contributed by atoms with Crippen LogP contribution in [0, 0.1) is 13.1 Å². The number of hydrogen-bond donors (Lipinski definition) is 0. The molecular weight excluding hydrogens is 90.1 g/mol. The molecule has 1 heterocycles. The highest BCUT2D eigenvalue weighted by molar-refractivity contribution is 4.92. The standard InChI is InChI=1S/C4H4N3/c1-4-2-5-7-6-3-4/h2H,1H3. The molecule has 3 nitrogen and oxygen atoms in total. The summed E-state index contributed by atoms with van der Waals surface area (Å²) in [5.74, 6) is 0. The van der Waals surface area contributed by atoms with Crippen LogP contribution in [0.1, 0.15) is 5.56 Å². The van der Waals surface area contributed by atoms with E-state index in [2.05, 4.69) is 21.6 Å². The Morgan fingerprint density at radius 1 is 1.71 bits per heavy atom. The zero-order valence-electron chi connectivity index (χ0n) is 3.92. The van der Waals surface area contributed by atoms with Crippen LogP contribution in [0.15, 0.2) is 6.20 Å². The predicted molar refractivity (Wildman–Crippen MR) is 23.4 cm³/mol. The summed E-state index contributed by atoms with van der Waals surface area (Å²) < 4.78 is 0. The zero-order chi connectivity index (χ0) is 5.11. The molecule has 0 amide bonds. The fraction of sp³-hybridized carbons (Fsp3) is 0.250. The topological polar surface area (TPSA) is 38.7 Å². The Kier molecular flexibility index (Phi) is 0.978. The number of aromatic nitrogens is 3. The number of aryl methyl sites for hydroxylation is 1. The molecule has 1 rings (SSSR count). The second-order valence-electron chi connectivity index (χ2n) is 1.23. The maximum absolute atomic E-state index is 3.49. The third kappa shape index (κ3) is 0.924. The van der Waals surface area contributed by atoms with Crippen molar-refractivity contribution in [3.8, 4) is 0 Å². The molecule has 0 bridgehead atoms. The lowest BCUT2D eigenvalue weighted by Gasteiger charge is -1.78. The van der Waals surface area contributed by atoms with Crippen molar-refractivity contribution >= 4 is 0 Å². The minimum absolute atomic E-state index is 0.912. The molecule has 0 saturated carbocycles. The molecule has 0 aliphatic rings. The number of rotatable bonds is 0. The lowest BCUT2D eigenvalue weighted by molar-refractivity contribution is 0.848. The fourth-order valence-corrected chi connectivity index (χ4v) is 0.268. The Bertz CT molecular complexity index is 137. The second kappa shape index (κ2) is 1.64. The molecule has 0 aliphatic heterocycles. The Morgan fingerprint density at radius 2 is 2.57 bits per heavy atom. The molecule has 0 atom stereocenters. The lowest BCUT2D eigenvalue weighted by atomic mass is 10.4. The minimum Gasteiger partial charge on any atom is -0.138 e. The van der Waals surface area contributed by atoms with E-state index in [9.17, 15) is 0 Å². The Hall–Kier alpha value is -0.990. The summed E-state index contributed by atoms with van der Waals surface area (Å²) in [4.78, 5) is 0. The van der Waals surface area contributed by atoms with Crippen molar-refractivity contribution in [3.05, 3.63) is 18.0 Å². The maximum Gasteiger partial charge on any atom is 0.120 e. The molecule has 0 spiro atoms. The van der Waals surface area contributed by atoms with Gasteiger partial charge in [0.1, 0.15) is 6.20 Å². The molecule has 1 radical (unpaired) electrons. The molecule has 1 aromatic rings. The SMILES string of the molecule is Cc1[c]nnnc1. The van der Waals surface area contributed by atoms with E-state index in [0.717, 1.165) is 5.56 Å². The van der Waals surface area contributed by atoms with Crippen molar-refractivity contribution in [1.82, 2.24) is 15.4 Å². The highest BCUT2D eigenvalue weighted by Crippen LogP contribution is 1.80. The molecule has 0 unspecified atom stereocenters. The van der Waals surface area contributed by atoms with Crippen LogP contribution < -0.4 is 0 Å². The molecule has 0 fully saturated rings. The Balaban J connectivity index is 3.02. The van der Waals surface area contributed by atoms with Gasteiger partial charge in [0.15, 0.2) is 0 Å². The van der Waals surface area contributed by atoms with Crippen molar-refractivity contribution < 1.29 is 0 Å². The van der Waals surface area contributed by atoms with Crippen molar-refractivity contribution in [1.29, 1.82) is 0 Å². The van der Waals surface area contributed by atoms with Crippen molar-refractivity contribution in [2.75, 3.05) is 0 Å². The van der Waals surface area contributed by atoms with Crippen molar-refractivity contribution in [2.45, 2.75) is 6.92 Å². The van der Waals surface area contributed by atoms with Gasteiger partial charge in [0.25, 0.3) is 0 Å². The first-order chi connectivity index (χ1) is 3.39. The number of hydrogen-bond acceptors (Lipinski definition) is 3. The molecule has 7 heavy (non-hydrogen) atoms. The van der Waals surface area contributed by atoms with E-state index in [1.165, 1.54) is 0 Å². The van der Waals surface area contributed by atoms with Crippen molar-refractivity contribution in [2.24, 2.45) is 0 Å². The van der Waals surface area contributed by atoms with E-state index >= 15 is 0 Å². The zero-order valence-corrected chi connectivity index (χ0v) is 3.92. The summed E-state index contributed by atoms with van der Waals surface area (Å²) in [6, 6.07) is 0. The van der Waals surface area contributed by atoms with E-state index in [1.54, 1.807) is 6.20 Å². The summed E-state index contributed by atoms with van der Waals surface area (Å²) in [5.41, 5.74) is 0.912. The van der Waals surface area contributed by atoms with Gasteiger partial charge in [0.05, 0.1) is 6.20 Å². The molecule has 0 aliphatic carbocycles. The largest absolute Gasteiger partial charge is 0.138 e. The van der Waals surface area contributed by atoms with Crippen LogP contribution in [0.5, 0.6) is 0 Å². The van der Waals surface area contributed by atoms with E-state index in [4.69, 9.17) is 0 Å². The van der Waals surface area contributed by atoms with E-state index in [1.807, 2.05) is 6.92 Å². The Morgan fingerprint density at radius 3 is 2.86 bits per heavy atom. The first kappa shape index (κ1) is 4.18. The van der Waals surface area contributed by atoms with Gasteiger partial charge in [0, 0.05) is 0 Å². The van der Waals surface area contributed by atoms with Crippen molar-refractivity contribution in [3.63, 3.8) is 0 Å². The Labute approximate surface area is 41.4 Å². The molecule has 0 saturated heterocycles. The third-order valence-electron chi connectivity index (χ3n) is 0.574. The highest BCUT2D eigenvalue weighted by Gasteiger charge is 1.77. The summed E-state index contributed by atoms with van der Waals surface area (Å²) in [5, 5.41) is 10.2. The van der Waals surface area contributed by atoms with E-state index in [-0.39, 0.29) is 0 Å². The lowest BCUT2D eigenvalue weighted by Crippen LogP contribution is -1.84. The first-order valence-electron chi connectivity index (χ1n) is 1.92. The van der Waals surface area contributed by atoms with Crippen LogP contribution in [0.4, 0.5) is 0 Å². The minimum atomic E-state index is 0.912. The van der Waals surface area contributed by atoms with Gasteiger partial charge in [-0.05, 0) is 17.7 Å². The molecule has 0 N–H and O–H groups in total. The van der Waals surface area contributed by atoms with Gasteiger partial charge in [-0.25, -0.2) is 0 Å². The average molecular weight is 94.1 g/mol. The summed E-state index contributed by atoms with van der Waals surface area (Å²) >= 11 is 0. The van der Waals surface area contributed by atoms with Crippen LogP contribution >= 0.6 is 0 Å². The smallest absolute Gasteiger partial charge is 0.120 e. The monoisotopic (exact) mass is 94.0 g/mol. The fourth-order valence-electron chi connectivity index (χ4n) is 0.268. The summed E-state index contributed by atoms with van der Waals surface area (Å²) in [7, 11) is 0. The third-order valence-corrected chi connectivity index (χ3v) is 0.574. The van der Waals surface area contributed by atoms with Crippen LogP contribution in [-0.4, -0.2) is 15.4 Å². The van der Waals surface area contributed by atoms with Gasteiger partial charge in [0.2, 0.25) is 0 Å². The molecule has 3 heteroatoms. The van der Waals surface area contributed by atoms with Crippen LogP contribution in [-0.2, 0) is 0 Å². The van der Waals surface area contributed by atoms with Crippen LogP contribution in [0.25, 0.3) is 0 Å². The predicted octanol–water partition coefficient (Wildman–Crippen LogP) is -0.0198. The van der Waals surface area contributed by atoms with Gasteiger partial charge in [-0.2, -0.15) is 0 Å². The second-order valence-corrected chi connectivity index (χ2v) is 1.23. The van der Waals surface area contributed by atoms with Gasteiger partial charge < -0.3 is 0 Å². The number of nitrogens with zero attached hydrogens (tertiary/aromatic N) is 3. The van der Waals surface area contributed by atoms with Gasteiger partial charge in [-0.1, -0.05) is 0 Å². The first-order valence-corrected chi connectivity index (χ1v) is 1.92.